The molecule has 4 aromatic carbocycles. The summed E-state index contributed by atoms with van der Waals surface area (Å²) in [6, 6.07) is 5.68. The number of phenols is 6. The van der Waals surface area contributed by atoms with E-state index in [0.29, 0.717) is 11.1 Å². The number of phenolic OH excluding ortho intramolecular Hbond substituents is 6. The molecule has 6 N–H and O–H groups in total. The number of carbonyl (C=O) groups excluding carboxylic acids is 2. The van der Waals surface area contributed by atoms with Crippen LogP contribution in [0.15, 0.2) is 36.9 Å². The fourth-order valence-corrected chi connectivity index (χ4v) is 7.13. The third-order valence-electron chi connectivity index (χ3n) is 10.0. The number of rotatable bonds is 16. The molecule has 0 aliphatic carbocycles. The molecule has 0 spiro atoms. The van der Waals surface area contributed by atoms with E-state index >= 15 is 0 Å². The SMILES string of the molecule is C=CCCCC(CC)CC(=O)c1c(O)c(O)cc2c(O)c(-c3c(C)cc4c(C(=O)CC(CC)CCCC)c(O)c(O)cc4c3O)c(C)cc12. The molecule has 0 radical (unpaired) electrons. The first-order valence-electron chi connectivity index (χ1n) is 17.4. The number of hydrogen-bond donors (Lipinski definition) is 6. The molecule has 0 heterocycles. The van der Waals surface area contributed by atoms with Crippen molar-refractivity contribution in [3.63, 3.8) is 0 Å². The molecule has 0 aliphatic rings. The van der Waals surface area contributed by atoms with Crippen molar-refractivity contribution in [3.8, 4) is 45.6 Å². The number of aryl methyl sites for hydroxylation is 2. The average molecular weight is 671 g/mol. The van der Waals surface area contributed by atoms with E-state index in [-0.39, 0.29) is 91.5 Å². The number of hydrogen-bond acceptors (Lipinski definition) is 8. The predicted octanol–water partition coefficient (Wildman–Crippen LogP) is 10.3. The van der Waals surface area contributed by atoms with Crippen molar-refractivity contribution < 1.29 is 40.2 Å². The van der Waals surface area contributed by atoms with Crippen molar-refractivity contribution in [3.05, 3.63) is 59.2 Å². The molecule has 0 saturated heterocycles. The van der Waals surface area contributed by atoms with Crippen LogP contribution in [0.2, 0.25) is 0 Å². The first-order valence-corrected chi connectivity index (χ1v) is 17.4. The third kappa shape index (κ3) is 7.33. The normalized spacial score (nSPS) is 12.8. The number of carbonyl (C=O) groups is 2. The Labute approximate surface area is 288 Å². The van der Waals surface area contributed by atoms with Crippen molar-refractivity contribution in [2.24, 2.45) is 11.8 Å². The molecule has 262 valence electrons. The summed E-state index contributed by atoms with van der Waals surface area (Å²) in [6.07, 6.45) is 9.06. The quantitative estimate of drug-likeness (QED) is 0.0298. The molecule has 4 aromatic rings. The van der Waals surface area contributed by atoms with Crippen molar-refractivity contribution in [2.45, 2.75) is 98.8 Å². The van der Waals surface area contributed by atoms with Crippen molar-refractivity contribution in [1.82, 2.24) is 0 Å². The van der Waals surface area contributed by atoms with E-state index in [2.05, 4.69) is 13.5 Å². The first kappa shape index (κ1) is 37.1. The molecule has 0 amide bonds. The Kier molecular flexibility index (Phi) is 11.9. The molecule has 4 rings (SSSR count). The van der Waals surface area contributed by atoms with Gasteiger partial charge in [0.15, 0.2) is 34.6 Å². The van der Waals surface area contributed by atoms with Gasteiger partial charge in [-0.05, 0) is 80.3 Å². The molecule has 0 fully saturated rings. The number of ketones is 2. The summed E-state index contributed by atoms with van der Waals surface area (Å²) in [5, 5.41) is 67.5. The van der Waals surface area contributed by atoms with Crippen LogP contribution in [0.1, 0.15) is 117 Å². The number of aromatic hydroxyl groups is 6. The van der Waals surface area contributed by atoms with E-state index in [1.165, 1.54) is 12.1 Å². The van der Waals surface area contributed by atoms with Gasteiger partial charge in [0.25, 0.3) is 0 Å². The second kappa shape index (κ2) is 15.7. The molecule has 0 saturated carbocycles. The van der Waals surface area contributed by atoms with Gasteiger partial charge in [-0.15, -0.1) is 6.58 Å². The van der Waals surface area contributed by atoms with Gasteiger partial charge in [-0.25, -0.2) is 0 Å². The zero-order valence-electron chi connectivity index (χ0n) is 29.3. The van der Waals surface area contributed by atoms with Crippen LogP contribution < -0.4 is 0 Å². The maximum atomic E-state index is 13.7. The zero-order valence-corrected chi connectivity index (χ0v) is 29.3. The molecule has 2 unspecified atom stereocenters. The molecule has 49 heavy (non-hydrogen) atoms. The lowest BCUT2D eigenvalue weighted by molar-refractivity contribution is 0.0947. The Balaban J connectivity index is 1.89. The minimum absolute atomic E-state index is 0.0622. The first-order chi connectivity index (χ1) is 23.3. The Morgan fingerprint density at radius 2 is 1.04 bits per heavy atom. The summed E-state index contributed by atoms with van der Waals surface area (Å²) in [5.41, 5.74) is 1.25. The largest absolute Gasteiger partial charge is 0.507 e. The van der Waals surface area contributed by atoms with Gasteiger partial charge in [0.1, 0.15) is 11.5 Å². The van der Waals surface area contributed by atoms with Gasteiger partial charge in [-0.3, -0.25) is 9.59 Å². The van der Waals surface area contributed by atoms with Crippen LogP contribution in [-0.2, 0) is 0 Å². The fraction of sp³-hybridized carbons (Fsp3) is 0.415. The Morgan fingerprint density at radius 1 is 0.633 bits per heavy atom. The number of benzene rings is 4. The van der Waals surface area contributed by atoms with Gasteiger partial charge in [-0.1, -0.05) is 59.0 Å². The number of fused-ring (bicyclic) bond motifs is 2. The lowest BCUT2D eigenvalue weighted by Crippen LogP contribution is -2.10. The zero-order chi connectivity index (χ0) is 36.2. The number of unbranched alkanes of at least 4 members (excludes halogenated alkanes) is 2. The molecule has 8 heteroatoms. The molecule has 0 aromatic heterocycles. The average Bonchev–Trinajstić information content (AvgIpc) is 3.06. The van der Waals surface area contributed by atoms with E-state index in [0.717, 1.165) is 51.4 Å². The monoisotopic (exact) mass is 670 g/mol. The highest BCUT2D eigenvalue weighted by molar-refractivity contribution is 6.16. The Hall–Kier alpha value is -4.72. The van der Waals surface area contributed by atoms with E-state index < -0.39 is 23.0 Å². The van der Waals surface area contributed by atoms with Crippen molar-refractivity contribution in [1.29, 1.82) is 0 Å². The van der Waals surface area contributed by atoms with E-state index in [1.54, 1.807) is 26.0 Å². The topological polar surface area (TPSA) is 156 Å². The molecule has 2 atom stereocenters. The van der Waals surface area contributed by atoms with Crippen LogP contribution in [0.25, 0.3) is 32.7 Å². The molecule has 8 nitrogen and oxygen atoms in total. The van der Waals surface area contributed by atoms with Gasteiger partial charge in [0.2, 0.25) is 0 Å². The van der Waals surface area contributed by atoms with Crippen molar-refractivity contribution >= 4 is 33.1 Å². The minimum atomic E-state index is -0.562. The lowest BCUT2D eigenvalue weighted by Gasteiger charge is -2.21. The highest BCUT2D eigenvalue weighted by Crippen LogP contribution is 2.51. The Morgan fingerprint density at radius 3 is 1.41 bits per heavy atom. The summed E-state index contributed by atoms with van der Waals surface area (Å²) in [4.78, 5) is 27.3. The van der Waals surface area contributed by atoms with E-state index in [4.69, 9.17) is 0 Å². The summed E-state index contributed by atoms with van der Waals surface area (Å²) >= 11 is 0. The fourth-order valence-electron chi connectivity index (χ4n) is 7.13. The maximum Gasteiger partial charge on any atom is 0.169 e. The molecular weight excluding hydrogens is 620 g/mol. The Bertz CT molecular complexity index is 1900. The second-order valence-corrected chi connectivity index (χ2v) is 13.4. The van der Waals surface area contributed by atoms with Crippen molar-refractivity contribution in [2.75, 3.05) is 0 Å². The second-order valence-electron chi connectivity index (χ2n) is 13.4. The summed E-state index contributed by atoms with van der Waals surface area (Å²) in [7, 11) is 0. The van der Waals surface area contributed by atoms with Crippen LogP contribution in [-0.4, -0.2) is 42.2 Å². The van der Waals surface area contributed by atoms with Gasteiger partial charge in [0.05, 0.1) is 11.1 Å². The van der Waals surface area contributed by atoms with E-state index in [1.807, 2.05) is 19.9 Å². The number of allylic oxidation sites excluding steroid dienone is 1. The smallest absolute Gasteiger partial charge is 0.169 e. The van der Waals surface area contributed by atoms with Crippen LogP contribution in [0.4, 0.5) is 0 Å². The van der Waals surface area contributed by atoms with E-state index in [9.17, 15) is 40.2 Å². The molecular formula is C41H50O8. The highest BCUT2D eigenvalue weighted by Gasteiger charge is 2.29. The standard InChI is InChI=1S/C41H50O8/c1-7-11-13-15-25(10-4)19-31(43)37-27-17-23(6)35(39(47)29(27)21-33(45)41(37)49)34-22(5)16-26-28(38(34)46)20-32(44)40(48)36(26)30(42)18-24(9-3)14-12-8-2/h7,16-17,20-21,24-25,44-49H,1,8-15,18-19H2,2-6H3. The molecule has 0 aliphatic heterocycles. The van der Waals surface area contributed by atoms with Crippen LogP contribution in [0.5, 0.6) is 34.5 Å². The third-order valence-corrected chi connectivity index (χ3v) is 10.0. The van der Waals surface area contributed by atoms with Crippen LogP contribution in [0, 0.1) is 25.7 Å². The van der Waals surface area contributed by atoms with Crippen LogP contribution >= 0.6 is 0 Å². The summed E-state index contributed by atoms with van der Waals surface area (Å²) < 4.78 is 0. The van der Waals surface area contributed by atoms with Gasteiger partial charge >= 0.3 is 0 Å². The summed E-state index contributed by atoms with van der Waals surface area (Å²) in [5.74, 6) is -3.38. The van der Waals surface area contributed by atoms with Gasteiger partial charge < -0.3 is 30.6 Å². The predicted molar refractivity (Wildman–Crippen MR) is 195 cm³/mol. The van der Waals surface area contributed by atoms with Crippen LogP contribution in [0.3, 0.4) is 0 Å². The molecule has 0 bridgehead atoms. The van der Waals surface area contributed by atoms with Gasteiger partial charge in [0, 0.05) is 45.5 Å². The van der Waals surface area contributed by atoms with Gasteiger partial charge in [-0.2, -0.15) is 0 Å². The lowest BCUT2D eigenvalue weighted by atomic mass is 9.84. The highest BCUT2D eigenvalue weighted by atomic mass is 16.3. The number of Topliss-reactive ketones (excluding diaryl/α,β-unsaturated/α-hetero) is 2. The summed E-state index contributed by atoms with van der Waals surface area (Å²) in [6.45, 7) is 13.3. The maximum absolute atomic E-state index is 13.7. The minimum Gasteiger partial charge on any atom is -0.507 e.